The number of carbonyl (C=O) groups excluding carboxylic acids is 4. The molecule has 47 heavy (non-hydrogen) atoms. The molecule has 0 aliphatic carbocycles. The Bertz CT molecular complexity index is 1370. The molecule has 4 heterocycles. The zero-order valence-electron chi connectivity index (χ0n) is 27.7. The van der Waals surface area contributed by atoms with Crippen LogP contribution in [0.3, 0.4) is 0 Å². The molecule has 2 fully saturated rings. The number of amides is 3. The smallest absolute Gasteiger partial charge is 0.313 e. The number of allylic oxidation sites excluding steroid dienone is 1. The zero-order valence-corrected chi connectivity index (χ0v) is 29.3. The Morgan fingerprint density at radius 1 is 0.957 bits per heavy atom. The van der Waals surface area contributed by atoms with Gasteiger partial charge in [-0.05, 0) is 50.7 Å². The van der Waals surface area contributed by atoms with Crippen LogP contribution in [0, 0.1) is 11.8 Å². The molecular weight excluding hydrogens is 666 g/mol. The third-order valence-electron chi connectivity index (χ3n) is 10.2. The summed E-state index contributed by atoms with van der Waals surface area (Å²) in [6, 6.07) is 7.88. The average Bonchev–Trinajstić information content (AvgIpc) is 3.66. The van der Waals surface area contributed by atoms with Crippen LogP contribution in [0.2, 0.25) is 0 Å². The summed E-state index contributed by atoms with van der Waals surface area (Å²) in [5, 5.41) is 9.36. The predicted octanol–water partition coefficient (Wildman–Crippen LogP) is 4.52. The fourth-order valence-corrected chi connectivity index (χ4v) is 8.25. The van der Waals surface area contributed by atoms with Crippen molar-refractivity contribution in [3.8, 4) is 0 Å². The predicted molar refractivity (Wildman–Crippen MR) is 180 cm³/mol. The van der Waals surface area contributed by atoms with E-state index in [1.54, 1.807) is 21.7 Å². The largest absolute Gasteiger partial charge is 0.455 e. The highest BCUT2D eigenvalue weighted by Gasteiger charge is 2.74. The van der Waals surface area contributed by atoms with Crippen LogP contribution >= 0.6 is 15.9 Å². The van der Waals surface area contributed by atoms with Gasteiger partial charge < -0.3 is 29.3 Å². The third-order valence-corrected chi connectivity index (χ3v) is 10.8. The number of carbonyl (C=O) groups is 4. The van der Waals surface area contributed by atoms with Crippen LogP contribution in [0.25, 0.3) is 0 Å². The first kappa shape index (κ1) is 35.3. The summed E-state index contributed by atoms with van der Waals surface area (Å²) in [4.78, 5) is 61.8. The molecule has 5 rings (SSSR count). The maximum atomic E-state index is 14.7. The first-order chi connectivity index (χ1) is 22.7. The Morgan fingerprint density at radius 3 is 2.43 bits per heavy atom. The molecule has 11 heteroatoms. The Balaban J connectivity index is 1.58. The molecule has 10 nitrogen and oxygen atoms in total. The minimum atomic E-state index is -1.33. The number of unbranched alkanes of at least 4 members (excludes halogenated alkanes) is 4. The van der Waals surface area contributed by atoms with E-state index >= 15 is 0 Å². The molecule has 1 aromatic carbocycles. The molecule has 0 unspecified atom stereocenters. The Kier molecular flexibility index (Phi) is 11.6. The third kappa shape index (κ3) is 6.94. The summed E-state index contributed by atoms with van der Waals surface area (Å²) >= 11 is 3.63. The number of cyclic esters (lactones) is 1. The van der Waals surface area contributed by atoms with E-state index in [0.717, 1.165) is 24.8 Å². The van der Waals surface area contributed by atoms with Gasteiger partial charge in [0.05, 0.1) is 12.0 Å². The summed E-state index contributed by atoms with van der Waals surface area (Å²) in [7, 11) is 1.72. The van der Waals surface area contributed by atoms with Crippen molar-refractivity contribution in [2.24, 2.45) is 11.8 Å². The van der Waals surface area contributed by atoms with Gasteiger partial charge in [0.2, 0.25) is 17.7 Å². The molecule has 0 radical (unpaired) electrons. The number of benzene rings is 1. The highest BCUT2D eigenvalue weighted by atomic mass is 79.9. The van der Waals surface area contributed by atoms with Gasteiger partial charge in [0.25, 0.3) is 0 Å². The van der Waals surface area contributed by atoms with Gasteiger partial charge in [0, 0.05) is 44.2 Å². The van der Waals surface area contributed by atoms with E-state index in [-0.39, 0.29) is 30.7 Å². The number of esters is 1. The summed E-state index contributed by atoms with van der Waals surface area (Å²) in [6.45, 7) is 5.18. The van der Waals surface area contributed by atoms with E-state index in [1.807, 2.05) is 55.5 Å². The van der Waals surface area contributed by atoms with Crippen molar-refractivity contribution in [2.75, 3.05) is 33.3 Å². The molecular formula is C36H48BrN3O7. The Labute approximate surface area is 286 Å². The quantitative estimate of drug-likeness (QED) is 0.215. The molecule has 3 amide bonds. The normalized spacial score (nSPS) is 32.1. The average molecular weight is 715 g/mol. The van der Waals surface area contributed by atoms with Crippen molar-refractivity contribution in [1.82, 2.24) is 14.7 Å². The number of fused-ring (bicyclic) bond motifs is 2. The molecule has 0 saturated carbocycles. The number of hydrogen-bond donors (Lipinski definition) is 1. The van der Waals surface area contributed by atoms with Gasteiger partial charge >= 0.3 is 5.97 Å². The lowest BCUT2D eigenvalue weighted by atomic mass is 9.74. The lowest BCUT2D eigenvalue weighted by molar-refractivity contribution is -0.164. The van der Waals surface area contributed by atoms with Crippen LogP contribution in [-0.2, 0) is 28.7 Å². The molecule has 7 atom stereocenters. The number of rotatable bonds is 10. The molecule has 4 aliphatic rings. The highest BCUT2D eigenvalue weighted by Crippen LogP contribution is 2.59. The van der Waals surface area contributed by atoms with Crippen LogP contribution in [-0.4, -0.2) is 101 Å². The second-order valence-electron chi connectivity index (χ2n) is 13.2. The van der Waals surface area contributed by atoms with Crippen molar-refractivity contribution >= 4 is 39.6 Å². The maximum absolute atomic E-state index is 14.7. The molecule has 1 spiro atoms. The van der Waals surface area contributed by atoms with Gasteiger partial charge in [-0.15, -0.1) is 0 Å². The Morgan fingerprint density at radius 2 is 1.70 bits per heavy atom. The monoisotopic (exact) mass is 713 g/mol. The number of aliphatic hydroxyl groups excluding tert-OH is 1. The molecule has 2 saturated heterocycles. The van der Waals surface area contributed by atoms with Gasteiger partial charge in [-0.3, -0.25) is 19.2 Å². The van der Waals surface area contributed by atoms with E-state index in [9.17, 15) is 24.3 Å². The molecule has 1 aromatic rings. The van der Waals surface area contributed by atoms with E-state index < -0.39 is 47.7 Å². The number of ether oxygens (including phenoxy) is 2. The summed E-state index contributed by atoms with van der Waals surface area (Å²) in [6.07, 6.45) is 9.54. The number of halogens is 1. The van der Waals surface area contributed by atoms with Gasteiger partial charge in [0.1, 0.15) is 29.8 Å². The SMILES string of the molecule is CCCCCN1C/C=C\CCC(=O)N(C)[C@@H](C)[C@H](c2ccccc2)OC(=O)[C@H]2[C@@H]3O[C@@]4(C=C3Br)[C@@H]2C(=O)N(CCCCCO)[C@@H]4C1=O. The highest BCUT2D eigenvalue weighted by molar-refractivity contribution is 9.11. The van der Waals surface area contributed by atoms with Crippen LogP contribution in [0.5, 0.6) is 0 Å². The van der Waals surface area contributed by atoms with Crippen LogP contribution in [0.15, 0.2) is 53.0 Å². The molecule has 0 aromatic heterocycles. The number of likely N-dealkylation sites (N-methyl/N-ethyl adjacent to an activating group) is 1. The van der Waals surface area contributed by atoms with E-state index in [2.05, 4.69) is 22.9 Å². The van der Waals surface area contributed by atoms with Crippen molar-refractivity contribution in [2.45, 2.75) is 95.1 Å². The van der Waals surface area contributed by atoms with Gasteiger partial charge in [0.15, 0.2) is 0 Å². The summed E-state index contributed by atoms with van der Waals surface area (Å²) in [5.41, 5.74) is -0.599. The number of likely N-dealkylation sites (tertiary alicyclic amines) is 1. The fourth-order valence-electron chi connectivity index (χ4n) is 7.52. The standard InChI is InChI=1S/C36H48BrN3O7/c1-4-5-12-19-39-20-13-7-11-18-27(42)38(3)24(2)30(25-16-9-6-10-17-25)46-35(45)28-29-33(43)40(21-14-8-15-22-41)32(34(39)44)36(29)23-26(37)31(28)47-36/h6-7,9-10,13,16-17,23-24,28-32,41H,4-5,8,11-12,14-15,18-22H2,1-3H3/b13-7-/t24-,28+,29-,30+,31+,32+,36-/m0/s1. The number of aliphatic hydroxyl groups is 1. The Hall–Kier alpha value is -3.02. The van der Waals surface area contributed by atoms with E-state index in [0.29, 0.717) is 49.8 Å². The van der Waals surface area contributed by atoms with Gasteiger partial charge in [-0.25, -0.2) is 0 Å². The molecule has 256 valence electrons. The molecule has 5 bridgehead atoms. The minimum Gasteiger partial charge on any atom is -0.455 e. The van der Waals surface area contributed by atoms with Crippen molar-refractivity contribution in [3.63, 3.8) is 0 Å². The lowest BCUT2D eigenvalue weighted by Crippen LogP contribution is -2.56. The first-order valence-electron chi connectivity index (χ1n) is 17.1. The summed E-state index contributed by atoms with van der Waals surface area (Å²) < 4.78 is 13.6. The summed E-state index contributed by atoms with van der Waals surface area (Å²) in [5.74, 6) is -3.12. The zero-order chi connectivity index (χ0) is 33.7. The molecule has 1 N–H and O–H groups in total. The van der Waals surface area contributed by atoms with Crippen LogP contribution in [0.4, 0.5) is 0 Å². The van der Waals surface area contributed by atoms with Crippen molar-refractivity contribution < 1.29 is 33.8 Å². The number of hydrogen-bond acceptors (Lipinski definition) is 7. The van der Waals surface area contributed by atoms with Crippen molar-refractivity contribution in [1.29, 1.82) is 0 Å². The van der Waals surface area contributed by atoms with Gasteiger partial charge in [-0.2, -0.15) is 0 Å². The molecule has 4 aliphatic heterocycles. The van der Waals surface area contributed by atoms with Crippen LogP contribution in [0.1, 0.15) is 76.9 Å². The maximum Gasteiger partial charge on any atom is 0.313 e. The van der Waals surface area contributed by atoms with E-state index in [1.165, 1.54) is 0 Å². The van der Waals surface area contributed by atoms with E-state index in [4.69, 9.17) is 9.47 Å². The topological polar surface area (TPSA) is 117 Å². The van der Waals surface area contributed by atoms with Gasteiger partial charge in [-0.1, -0.05) is 78.2 Å². The second-order valence-corrected chi connectivity index (χ2v) is 14.1. The first-order valence-corrected chi connectivity index (χ1v) is 17.9. The second kappa shape index (κ2) is 15.5. The van der Waals surface area contributed by atoms with Crippen LogP contribution < -0.4 is 0 Å². The number of nitrogens with zero attached hydrogens (tertiary/aromatic N) is 3. The minimum absolute atomic E-state index is 0.0522. The van der Waals surface area contributed by atoms with Crippen molar-refractivity contribution in [3.05, 3.63) is 58.6 Å². The lowest BCUT2D eigenvalue weighted by Gasteiger charge is -2.36. The fraction of sp³-hybridized carbons (Fsp3) is 0.611.